The summed E-state index contributed by atoms with van der Waals surface area (Å²) in [6, 6.07) is 11.1. The van der Waals surface area contributed by atoms with Crippen LogP contribution >= 0.6 is 11.8 Å². The van der Waals surface area contributed by atoms with Gasteiger partial charge in [0.2, 0.25) is 0 Å². The molecule has 0 spiro atoms. The summed E-state index contributed by atoms with van der Waals surface area (Å²) in [7, 11) is 1.78. The van der Waals surface area contributed by atoms with Crippen LogP contribution in [0.3, 0.4) is 0 Å². The molecule has 3 aromatic rings. The lowest BCUT2D eigenvalue weighted by atomic mass is 10.1. The summed E-state index contributed by atoms with van der Waals surface area (Å²) in [5.41, 5.74) is 0.957. The van der Waals surface area contributed by atoms with Crippen molar-refractivity contribution >= 4 is 17.7 Å². The summed E-state index contributed by atoms with van der Waals surface area (Å²) < 4.78 is 5.71. The average Bonchev–Trinajstić information content (AvgIpc) is 3.16. The quantitative estimate of drug-likeness (QED) is 0.470. The summed E-state index contributed by atoms with van der Waals surface area (Å²) in [6.07, 6.45) is 5.85. The third kappa shape index (κ3) is 4.70. The molecule has 0 aliphatic rings. The SMILES string of the molecule is C[C@@H](Cc1ccccn1)N(C)C(=O)c1ccc(CSc2ncccn2)o1. The van der Waals surface area contributed by atoms with Crippen molar-refractivity contribution in [2.75, 3.05) is 7.05 Å². The Balaban J connectivity index is 1.58. The van der Waals surface area contributed by atoms with Gasteiger partial charge in [-0.1, -0.05) is 17.8 Å². The molecule has 26 heavy (non-hydrogen) atoms. The van der Waals surface area contributed by atoms with Crippen molar-refractivity contribution in [3.63, 3.8) is 0 Å². The van der Waals surface area contributed by atoms with E-state index in [2.05, 4.69) is 15.0 Å². The van der Waals surface area contributed by atoms with Crippen LogP contribution < -0.4 is 0 Å². The molecule has 0 bridgehead atoms. The molecule has 0 saturated heterocycles. The molecule has 3 aromatic heterocycles. The number of nitrogens with zero attached hydrogens (tertiary/aromatic N) is 4. The van der Waals surface area contributed by atoms with Gasteiger partial charge in [0.1, 0.15) is 5.76 Å². The van der Waals surface area contributed by atoms with Crippen molar-refractivity contribution in [2.45, 2.75) is 30.3 Å². The largest absolute Gasteiger partial charge is 0.455 e. The molecule has 1 atom stereocenters. The van der Waals surface area contributed by atoms with Gasteiger partial charge >= 0.3 is 0 Å². The fraction of sp³-hybridized carbons (Fsp3) is 0.263. The summed E-state index contributed by atoms with van der Waals surface area (Å²) in [6.45, 7) is 2.00. The molecule has 0 fully saturated rings. The number of amides is 1. The van der Waals surface area contributed by atoms with Gasteiger partial charge in [-0.3, -0.25) is 9.78 Å². The molecule has 6 nitrogen and oxygen atoms in total. The van der Waals surface area contributed by atoms with E-state index in [1.807, 2.05) is 31.2 Å². The number of carbonyl (C=O) groups is 1. The van der Waals surface area contributed by atoms with E-state index in [-0.39, 0.29) is 11.9 Å². The molecule has 0 unspecified atom stereocenters. The Hall–Kier alpha value is -2.67. The van der Waals surface area contributed by atoms with Gasteiger partial charge in [0.15, 0.2) is 10.9 Å². The fourth-order valence-electron chi connectivity index (χ4n) is 2.40. The summed E-state index contributed by atoms with van der Waals surface area (Å²) >= 11 is 1.47. The molecular formula is C19H20N4O2S. The van der Waals surface area contributed by atoms with Crippen molar-refractivity contribution in [3.05, 3.63) is 72.2 Å². The van der Waals surface area contributed by atoms with E-state index in [0.717, 1.165) is 11.5 Å². The van der Waals surface area contributed by atoms with E-state index in [9.17, 15) is 4.79 Å². The highest BCUT2D eigenvalue weighted by atomic mass is 32.2. The van der Waals surface area contributed by atoms with E-state index in [1.54, 1.807) is 42.7 Å². The molecule has 0 saturated carbocycles. The van der Waals surface area contributed by atoms with Gasteiger partial charge in [-0.25, -0.2) is 9.97 Å². The Morgan fingerprint density at radius 3 is 2.62 bits per heavy atom. The van der Waals surface area contributed by atoms with Crippen molar-refractivity contribution in [3.8, 4) is 0 Å². The van der Waals surface area contributed by atoms with Crippen LogP contribution in [-0.4, -0.2) is 38.8 Å². The smallest absolute Gasteiger partial charge is 0.289 e. The predicted molar refractivity (Wildman–Crippen MR) is 99.8 cm³/mol. The fourth-order valence-corrected chi connectivity index (χ4v) is 3.10. The van der Waals surface area contributed by atoms with Crippen LogP contribution in [-0.2, 0) is 12.2 Å². The van der Waals surface area contributed by atoms with Crippen LogP contribution in [0.15, 0.2) is 64.6 Å². The third-order valence-corrected chi connectivity index (χ3v) is 4.87. The highest BCUT2D eigenvalue weighted by molar-refractivity contribution is 7.98. The minimum Gasteiger partial charge on any atom is -0.455 e. The van der Waals surface area contributed by atoms with Gasteiger partial charge in [-0.15, -0.1) is 0 Å². The molecule has 0 N–H and O–H groups in total. The maximum atomic E-state index is 12.6. The molecule has 3 heterocycles. The Morgan fingerprint density at radius 1 is 1.12 bits per heavy atom. The monoisotopic (exact) mass is 368 g/mol. The molecule has 0 aliphatic carbocycles. The number of aromatic nitrogens is 3. The molecular weight excluding hydrogens is 348 g/mol. The van der Waals surface area contributed by atoms with Crippen molar-refractivity contribution in [1.82, 2.24) is 19.9 Å². The van der Waals surface area contributed by atoms with Crippen LogP contribution in [0.25, 0.3) is 0 Å². The first-order valence-corrected chi connectivity index (χ1v) is 9.27. The van der Waals surface area contributed by atoms with E-state index < -0.39 is 0 Å². The predicted octanol–water partition coefficient (Wildman–Crippen LogP) is 3.46. The van der Waals surface area contributed by atoms with E-state index in [1.165, 1.54) is 11.8 Å². The molecule has 0 aliphatic heterocycles. The molecule has 1 amide bonds. The van der Waals surface area contributed by atoms with Crippen molar-refractivity contribution in [1.29, 1.82) is 0 Å². The summed E-state index contributed by atoms with van der Waals surface area (Å²) in [5, 5.41) is 0.679. The zero-order valence-electron chi connectivity index (χ0n) is 14.7. The van der Waals surface area contributed by atoms with Crippen LogP contribution in [0, 0.1) is 0 Å². The van der Waals surface area contributed by atoms with Crippen molar-refractivity contribution < 1.29 is 9.21 Å². The summed E-state index contributed by atoms with van der Waals surface area (Å²) in [4.78, 5) is 27.0. The average molecular weight is 368 g/mol. The van der Waals surface area contributed by atoms with Gasteiger partial charge in [-0.2, -0.15) is 0 Å². The topological polar surface area (TPSA) is 72.1 Å². The number of rotatable bonds is 7. The Labute approximate surface area is 156 Å². The third-order valence-electron chi connectivity index (χ3n) is 3.97. The molecule has 7 heteroatoms. The Bertz CT molecular complexity index is 839. The van der Waals surface area contributed by atoms with Crippen LogP contribution in [0.5, 0.6) is 0 Å². The standard InChI is InChI=1S/C19H20N4O2S/c1-14(12-15-6-3-4-9-20-15)23(2)18(24)17-8-7-16(25-17)13-26-19-21-10-5-11-22-19/h3-11,14H,12-13H2,1-2H3/t14-/m0/s1. The first kappa shape index (κ1) is 18.1. The molecule has 3 rings (SSSR count). The van der Waals surface area contributed by atoms with E-state index >= 15 is 0 Å². The Kier molecular flexibility index (Phi) is 6.01. The van der Waals surface area contributed by atoms with E-state index in [4.69, 9.17) is 4.42 Å². The van der Waals surface area contributed by atoms with Gasteiger partial charge < -0.3 is 9.32 Å². The van der Waals surface area contributed by atoms with Crippen LogP contribution in [0.1, 0.15) is 28.9 Å². The van der Waals surface area contributed by atoms with Gasteiger partial charge in [-0.05, 0) is 37.3 Å². The number of furan rings is 1. The molecule has 0 radical (unpaired) electrons. The number of thioether (sulfide) groups is 1. The number of hydrogen-bond donors (Lipinski definition) is 0. The molecule has 0 aromatic carbocycles. The van der Waals surface area contributed by atoms with E-state index in [0.29, 0.717) is 23.1 Å². The lowest BCUT2D eigenvalue weighted by molar-refractivity contribution is 0.0709. The maximum Gasteiger partial charge on any atom is 0.289 e. The zero-order chi connectivity index (χ0) is 18.4. The normalized spacial score (nSPS) is 11.9. The van der Waals surface area contributed by atoms with Gasteiger partial charge in [0.25, 0.3) is 5.91 Å². The van der Waals surface area contributed by atoms with Gasteiger partial charge in [0.05, 0.1) is 5.75 Å². The first-order chi connectivity index (χ1) is 12.6. The second-order valence-corrected chi connectivity index (χ2v) is 6.82. The maximum absolute atomic E-state index is 12.6. The van der Waals surface area contributed by atoms with Crippen LogP contribution in [0.2, 0.25) is 0 Å². The lowest BCUT2D eigenvalue weighted by Crippen LogP contribution is -2.36. The Morgan fingerprint density at radius 2 is 1.88 bits per heavy atom. The number of likely N-dealkylation sites (N-methyl/N-ethyl adjacent to an activating group) is 1. The minimum atomic E-state index is -0.138. The molecule has 134 valence electrons. The minimum absolute atomic E-state index is 0.0121. The lowest BCUT2D eigenvalue weighted by Gasteiger charge is -2.23. The second kappa shape index (κ2) is 8.62. The van der Waals surface area contributed by atoms with Crippen LogP contribution in [0.4, 0.5) is 0 Å². The number of hydrogen-bond acceptors (Lipinski definition) is 6. The van der Waals surface area contributed by atoms with Gasteiger partial charge in [0, 0.05) is 43.8 Å². The summed E-state index contributed by atoms with van der Waals surface area (Å²) in [5.74, 6) is 1.49. The highest BCUT2D eigenvalue weighted by Crippen LogP contribution is 2.21. The zero-order valence-corrected chi connectivity index (χ0v) is 15.5. The first-order valence-electron chi connectivity index (χ1n) is 8.29. The highest BCUT2D eigenvalue weighted by Gasteiger charge is 2.21. The second-order valence-electron chi connectivity index (χ2n) is 5.88. The number of pyridine rings is 1. The number of carbonyl (C=O) groups excluding carboxylic acids is 1. The van der Waals surface area contributed by atoms with Crippen molar-refractivity contribution in [2.24, 2.45) is 0 Å².